The van der Waals surface area contributed by atoms with Gasteiger partial charge >= 0.3 is 0 Å². The molecular formula is C15H13F2NO2. The molecule has 0 saturated heterocycles. The minimum atomic E-state index is -0.804. The van der Waals surface area contributed by atoms with Crippen LogP contribution < -0.4 is 10.1 Å². The summed E-state index contributed by atoms with van der Waals surface area (Å²) in [6.45, 7) is 1.55. The number of nitrogens with one attached hydrogen (secondary N) is 1. The smallest absolute Gasteiger partial charge is 0.265 e. The topological polar surface area (TPSA) is 38.3 Å². The van der Waals surface area contributed by atoms with Crippen LogP contribution in [0.3, 0.4) is 0 Å². The van der Waals surface area contributed by atoms with Crippen molar-refractivity contribution in [2.45, 2.75) is 13.0 Å². The Morgan fingerprint density at radius 1 is 1.10 bits per heavy atom. The maximum Gasteiger partial charge on any atom is 0.265 e. The maximum absolute atomic E-state index is 13.0. The summed E-state index contributed by atoms with van der Waals surface area (Å²) >= 11 is 0. The van der Waals surface area contributed by atoms with Crippen LogP contribution in [0.25, 0.3) is 0 Å². The molecule has 0 aliphatic carbocycles. The summed E-state index contributed by atoms with van der Waals surface area (Å²) < 4.78 is 31.0. The second-order valence-electron chi connectivity index (χ2n) is 4.21. The first-order chi connectivity index (χ1) is 9.54. The number of anilines is 1. The maximum atomic E-state index is 13.0. The summed E-state index contributed by atoms with van der Waals surface area (Å²) in [5.74, 6) is -0.951. The van der Waals surface area contributed by atoms with Crippen molar-refractivity contribution in [2.24, 2.45) is 0 Å². The van der Waals surface area contributed by atoms with Crippen LogP contribution in [-0.2, 0) is 4.79 Å². The molecule has 20 heavy (non-hydrogen) atoms. The van der Waals surface area contributed by atoms with Crippen molar-refractivity contribution in [3.05, 3.63) is 60.2 Å². The Balaban J connectivity index is 1.96. The normalized spacial score (nSPS) is 11.8. The van der Waals surface area contributed by atoms with Crippen LogP contribution in [0.2, 0.25) is 0 Å². The Kier molecular flexibility index (Phi) is 4.30. The first-order valence-electron chi connectivity index (χ1n) is 6.03. The molecule has 0 spiro atoms. The highest BCUT2D eigenvalue weighted by molar-refractivity contribution is 5.94. The molecule has 0 radical (unpaired) electrons. The van der Waals surface area contributed by atoms with Crippen molar-refractivity contribution in [3.8, 4) is 5.75 Å². The van der Waals surface area contributed by atoms with Gasteiger partial charge in [0, 0.05) is 11.8 Å². The molecule has 2 aromatic carbocycles. The Morgan fingerprint density at radius 2 is 1.80 bits per heavy atom. The second kappa shape index (κ2) is 6.14. The predicted molar refractivity (Wildman–Crippen MR) is 71.5 cm³/mol. The zero-order valence-corrected chi connectivity index (χ0v) is 10.8. The van der Waals surface area contributed by atoms with Gasteiger partial charge in [-0.3, -0.25) is 4.79 Å². The molecule has 0 saturated carbocycles. The minimum Gasteiger partial charge on any atom is -0.481 e. The fourth-order valence-electron chi connectivity index (χ4n) is 1.58. The van der Waals surface area contributed by atoms with E-state index in [1.54, 1.807) is 13.0 Å². The van der Waals surface area contributed by atoms with Crippen molar-refractivity contribution in [1.29, 1.82) is 0 Å². The van der Waals surface area contributed by atoms with Gasteiger partial charge in [0.1, 0.15) is 17.4 Å². The van der Waals surface area contributed by atoms with Crippen LogP contribution in [0.1, 0.15) is 6.92 Å². The van der Waals surface area contributed by atoms with Gasteiger partial charge in [0.2, 0.25) is 0 Å². The second-order valence-corrected chi connectivity index (χ2v) is 4.21. The molecule has 5 heteroatoms. The number of amides is 1. The lowest BCUT2D eigenvalue weighted by Crippen LogP contribution is -2.30. The Morgan fingerprint density at radius 3 is 2.45 bits per heavy atom. The average molecular weight is 277 g/mol. The average Bonchev–Trinajstić information content (AvgIpc) is 2.41. The quantitative estimate of drug-likeness (QED) is 0.930. The third-order valence-electron chi connectivity index (χ3n) is 2.59. The lowest BCUT2D eigenvalue weighted by atomic mass is 10.3. The highest BCUT2D eigenvalue weighted by Gasteiger charge is 2.15. The SMILES string of the molecule is CC(Oc1cccc(F)c1)C(=O)Nc1ccc(F)cc1. The van der Waals surface area contributed by atoms with E-state index in [0.717, 1.165) is 0 Å². The van der Waals surface area contributed by atoms with E-state index in [4.69, 9.17) is 4.74 Å². The van der Waals surface area contributed by atoms with E-state index in [-0.39, 0.29) is 11.6 Å². The van der Waals surface area contributed by atoms with Gasteiger partial charge in [0.15, 0.2) is 6.10 Å². The first kappa shape index (κ1) is 14.0. The molecule has 1 amide bonds. The molecular weight excluding hydrogens is 264 g/mol. The van der Waals surface area contributed by atoms with Crippen molar-refractivity contribution >= 4 is 11.6 Å². The summed E-state index contributed by atoms with van der Waals surface area (Å²) in [6.07, 6.45) is -0.804. The van der Waals surface area contributed by atoms with E-state index < -0.39 is 17.8 Å². The molecule has 3 nitrogen and oxygen atoms in total. The van der Waals surface area contributed by atoms with Gasteiger partial charge in [-0.15, -0.1) is 0 Å². The van der Waals surface area contributed by atoms with Gasteiger partial charge in [-0.25, -0.2) is 8.78 Å². The fourth-order valence-corrected chi connectivity index (χ4v) is 1.58. The van der Waals surface area contributed by atoms with Crippen molar-refractivity contribution in [1.82, 2.24) is 0 Å². The first-order valence-corrected chi connectivity index (χ1v) is 6.03. The fraction of sp³-hybridized carbons (Fsp3) is 0.133. The zero-order chi connectivity index (χ0) is 14.5. The van der Waals surface area contributed by atoms with Crippen LogP contribution >= 0.6 is 0 Å². The highest BCUT2D eigenvalue weighted by Crippen LogP contribution is 2.15. The van der Waals surface area contributed by atoms with Gasteiger partial charge in [-0.2, -0.15) is 0 Å². The third kappa shape index (κ3) is 3.78. The largest absolute Gasteiger partial charge is 0.481 e. The molecule has 104 valence electrons. The molecule has 0 bridgehead atoms. The highest BCUT2D eigenvalue weighted by atomic mass is 19.1. The molecule has 0 aromatic heterocycles. The van der Waals surface area contributed by atoms with Crippen LogP contribution in [0.4, 0.5) is 14.5 Å². The van der Waals surface area contributed by atoms with E-state index in [9.17, 15) is 13.6 Å². The van der Waals surface area contributed by atoms with E-state index >= 15 is 0 Å². The molecule has 0 aliphatic rings. The Bertz CT molecular complexity index is 599. The molecule has 1 unspecified atom stereocenters. The number of hydrogen-bond donors (Lipinski definition) is 1. The number of ether oxygens (including phenoxy) is 1. The summed E-state index contributed by atoms with van der Waals surface area (Å²) in [5, 5.41) is 2.58. The van der Waals surface area contributed by atoms with Gasteiger partial charge in [-0.05, 0) is 43.3 Å². The molecule has 0 heterocycles. The Labute approximate surface area is 115 Å². The molecule has 0 aliphatic heterocycles. The van der Waals surface area contributed by atoms with Gasteiger partial charge < -0.3 is 10.1 Å². The molecule has 1 atom stereocenters. The van der Waals surface area contributed by atoms with Crippen LogP contribution in [0, 0.1) is 11.6 Å². The number of carbonyl (C=O) groups excluding carboxylic acids is 1. The number of hydrogen-bond acceptors (Lipinski definition) is 2. The van der Waals surface area contributed by atoms with E-state index in [1.807, 2.05) is 0 Å². The molecule has 0 fully saturated rings. The third-order valence-corrected chi connectivity index (χ3v) is 2.59. The molecule has 2 rings (SSSR count). The van der Waals surface area contributed by atoms with Crippen molar-refractivity contribution in [2.75, 3.05) is 5.32 Å². The lowest BCUT2D eigenvalue weighted by Gasteiger charge is -2.14. The summed E-state index contributed by atoms with van der Waals surface area (Å²) in [4.78, 5) is 11.9. The van der Waals surface area contributed by atoms with Crippen LogP contribution in [0.15, 0.2) is 48.5 Å². The standard InChI is InChI=1S/C15H13F2NO2/c1-10(20-14-4-2-3-12(17)9-14)15(19)18-13-7-5-11(16)6-8-13/h2-10H,1H3,(H,18,19). The predicted octanol–water partition coefficient (Wildman–Crippen LogP) is 3.37. The number of rotatable bonds is 4. The van der Waals surface area contributed by atoms with E-state index in [0.29, 0.717) is 5.69 Å². The van der Waals surface area contributed by atoms with Crippen LogP contribution in [0.5, 0.6) is 5.75 Å². The Hall–Kier alpha value is -2.43. The zero-order valence-electron chi connectivity index (χ0n) is 10.8. The van der Waals surface area contributed by atoms with Gasteiger partial charge in [0.25, 0.3) is 5.91 Å². The molecule has 1 N–H and O–H groups in total. The lowest BCUT2D eigenvalue weighted by molar-refractivity contribution is -0.122. The summed E-state index contributed by atoms with van der Waals surface area (Å²) in [6, 6.07) is 10.9. The van der Waals surface area contributed by atoms with Crippen LogP contribution in [-0.4, -0.2) is 12.0 Å². The van der Waals surface area contributed by atoms with Crippen molar-refractivity contribution in [3.63, 3.8) is 0 Å². The van der Waals surface area contributed by atoms with Crippen molar-refractivity contribution < 1.29 is 18.3 Å². The summed E-state index contributed by atoms with van der Waals surface area (Å²) in [5.41, 5.74) is 0.464. The monoisotopic (exact) mass is 277 g/mol. The number of benzene rings is 2. The summed E-state index contributed by atoms with van der Waals surface area (Å²) in [7, 11) is 0. The number of halogens is 2. The van der Waals surface area contributed by atoms with Gasteiger partial charge in [0.05, 0.1) is 0 Å². The number of carbonyl (C=O) groups is 1. The minimum absolute atomic E-state index is 0.270. The van der Waals surface area contributed by atoms with Gasteiger partial charge in [-0.1, -0.05) is 6.07 Å². The van der Waals surface area contributed by atoms with E-state index in [2.05, 4.69) is 5.32 Å². The van der Waals surface area contributed by atoms with E-state index in [1.165, 1.54) is 42.5 Å². The molecule has 2 aromatic rings.